The molecule has 1 rings (SSSR count). The highest BCUT2D eigenvalue weighted by Gasteiger charge is 2.34. The normalized spacial score (nSPS) is 11.6. The molecule has 5 heteroatoms. The molecule has 1 aromatic rings. The van der Waals surface area contributed by atoms with Gasteiger partial charge in [0.2, 0.25) is 5.78 Å². The smallest absolute Gasteiger partial charge is 0.206 e. The molecule has 0 saturated carbocycles. The molecule has 0 aliphatic carbocycles. The molecule has 0 spiro atoms. The van der Waals surface area contributed by atoms with Crippen LogP contribution in [0.15, 0.2) is 17.5 Å². The Morgan fingerprint density at radius 2 is 2.15 bits per heavy atom. The van der Waals surface area contributed by atoms with Crippen LogP contribution in [0.4, 0.5) is 0 Å². The van der Waals surface area contributed by atoms with Gasteiger partial charge in [0.15, 0.2) is 5.60 Å². The highest BCUT2D eigenvalue weighted by Crippen LogP contribution is 2.16. The first-order valence-corrected chi connectivity index (χ1v) is 4.73. The molecular weight excluding hydrogens is 188 g/mol. The summed E-state index contributed by atoms with van der Waals surface area (Å²) in [6.07, 6.45) is 0. The molecule has 1 heterocycles. The molecule has 0 fully saturated rings. The van der Waals surface area contributed by atoms with Gasteiger partial charge in [-0.25, -0.2) is 0 Å². The van der Waals surface area contributed by atoms with Gasteiger partial charge in [-0.2, -0.15) is 0 Å². The Labute approximate surface area is 80.2 Å². The number of ketones is 1. The predicted molar refractivity (Wildman–Crippen MR) is 51.7 cm³/mol. The second-order valence-corrected chi connectivity index (χ2v) is 3.69. The molecule has 0 amide bonds. The second-order valence-electron chi connectivity index (χ2n) is 2.75. The topological polar surface area (TPSA) is 89.3 Å². The van der Waals surface area contributed by atoms with E-state index < -0.39 is 11.4 Å². The maximum absolute atomic E-state index is 11.6. The molecular formula is C8H12N2O2S. The number of hydrogen-bond acceptors (Lipinski definition) is 5. The molecule has 0 atom stereocenters. The van der Waals surface area contributed by atoms with E-state index in [9.17, 15) is 9.90 Å². The fourth-order valence-electron chi connectivity index (χ4n) is 0.906. The number of rotatable bonds is 4. The molecule has 0 bridgehead atoms. The second kappa shape index (κ2) is 3.97. The van der Waals surface area contributed by atoms with Crippen molar-refractivity contribution in [1.82, 2.24) is 0 Å². The molecule has 72 valence electrons. The number of aliphatic hydroxyl groups is 1. The summed E-state index contributed by atoms with van der Waals surface area (Å²) in [7, 11) is 0. The molecule has 0 radical (unpaired) electrons. The molecule has 0 aromatic carbocycles. The van der Waals surface area contributed by atoms with E-state index in [1.54, 1.807) is 17.5 Å². The zero-order valence-electron chi connectivity index (χ0n) is 7.06. The predicted octanol–water partition coefficient (Wildman–Crippen LogP) is -0.421. The minimum Gasteiger partial charge on any atom is -0.379 e. The standard InChI is InChI=1S/C8H12N2O2S/c9-4-8(12,5-10)7(11)6-2-1-3-13-6/h1-3,12H,4-5,9-10H2. The molecule has 5 N–H and O–H groups in total. The van der Waals surface area contributed by atoms with Crippen LogP contribution in [0.5, 0.6) is 0 Å². The lowest BCUT2D eigenvalue weighted by atomic mass is 9.98. The Kier molecular flexibility index (Phi) is 3.16. The van der Waals surface area contributed by atoms with E-state index in [1.165, 1.54) is 11.3 Å². The first kappa shape index (κ1) is 10.3. The Morgan fingerprint density at radius 1 is 1.54 bits per heavy atom. The summed E-state index contributed by atoms with van der Waals surface area (Å²) in [5.41, 5.74) is 8.95. The summed E-state index contributed by atoms with van der Waals surface area (Å²) in [5.74, 6) is -0.396. The van der Waals surface area contributed by atoms with E-state index in [0.29, 0.717) is 4.88 Å². The van der Waals surface area contributed by atoms with Crippen LogP contribution >= 0.6 is 11.3 Å². The van der Waals surface area contributed by atoms with Crippen LogP contribution in [0.2, 0.25) is 0 Å². The van der Waals surface area contributed by atoms with Gasteiger partial charge in [-0.05, 0) is 11.4 Å². The van der Waals surface area contributed by atoms with Crippen molar-refractivity contribution in [2.45, 2.75) is 5.60 Å². The van der Waals surface area contributed by atoms with E-state index in [4.69, 9.17) is 11.5 Å². The molecule has 0 unspecified atom stereocenters. The van der Waals surface area contributed by atoms with Crippen LogP contribution in [-0.4, -0.2) is 29.6 Å². The lowest BCUT2D eigenvalue weighted by Gasteiger charge is -2.21. The zero-order chi connectivity index (χ0) is 9.90. The summed E-state index contributed by atoms with van der Waals surface area (Å²) in [4.78, 5) is 12.1. The van der Waals surface area contributed by atoms with E-state index in [0.717, 1.165) is 0 Å². The molecule has 0 aliphatic rings. The summed E-state index contributed by atoms with van der Waals surface area (Å²) < 4.78 is 0. The molecule has 13 heavy (non-hydrogen) atoms. The lowest BCUT2D eigenvalue weighted by Crippen LogP contribution is -2.51. The monoisotopic (exact) mass is 200 g/mol. The van der Waals surface area contributed by atoms with Crippen LogP contribution in [0, 0.1) is 0 Å². The van der Waals surface area contributed by atoms with Crippen molar-refractivity contribution >= 4 is 17.1 Å². The minimum atomic E-state index is -1.61. The van der Waals surface area contributed by atoms with Crippen molar-refractivity contribution in [3.05, 3.63) is 22.4 Å². The summed E-state index contributed by atoms with van der Waals surface area (Å²) in [5, 5.41) is 11.4. The molecule has 0 saturated heterocycles. The highest BCUT2D eigenvalue weighted by molar-refractivity contribution is 7.12. The van der Waals surface area contributed by atoms with Gasteiger partial charge in [-0.1, -0.05) is 6.07 Å². The van der Waals surface area contributed by atoms with Gasteiger partial charge in [-0.15, -0.1) is 11.3 Å². The summed E-state index contributed by atoms with van der Waals surface area (Å²) >= 11 is 1.27. The Hall–Kier alpha value is -0.750. The average Bonchev–Trinajstić information content (AvgIpc) is 2.68. The lowest BCUT2D eigenvalue weighted by molar-refractivity contribution is 0.0406. The van der Waals surface area contributed by atoms with E-state index in [-0.39, 0.29) is 13.1 Å². The van der Waals surface area contributed by atoms with Gasteiger partial charge in [0.05, 0.1) is 4.88 Å². The number of Topliss-reactive ketones (excluding diaryl/α,β-unsaturated/α-hetero) is 1. The number of hydrogen-bond donors (Lipinski definition) is 3. The van der Waals surface area contributed by atoms with Gasteiger partial charge < -0.3 is 16.6 Å². The summed E-state index contributed by atoms with van der Waals surface area (Å²) in [6.45, 7) is -0.305. The Balaban J connectivity index is 2.89. The van der Waals surface area contributed by atoms with E-state index in [1.807, 2.05) is 0 Å². The fraction of sp³-hybridized carbons (Fsp3) is 0.375. The van der Waals surface area contributed by atoms with Crippen molar-refractivity contribution in [2.24, 2.45) is 11.5 Å². The largest absolute Gasteiger partial charge is 0.379 e. The highest BCUT2D eigenvalue weighted by atomic mass is 32.1. The van der Waals surface area contributed by atoms with Crippen molar-refractivity contribution in [2.75, 3.05) is 13.1 Å². The summed E-state index contributed by atoms with van der Waals surface area (Å²) in [6, 6.07) is 3.38. The average molecular weight is 200 g/mol. The number of nitrogens with two attached hydrogens (primary N) is 2. The van der Waals surface area contributed by atoms with Crippen LogP contribution in [0.1, 0.15) is 9.67 Å². The van der Waals surface area contributed by atoms with Crippen molar-refractivity contribution in [1.29, 1.82) is 0 Å². The van der Waals surface area contributed by atoms with Crippen LogP contribution in [0.25, 0.3) is 0 Å². The van der Waals surface area contributed by atoms with Gasteiger partial charge in [0.25, 0.3) is 0 Å². The third kappa shape index (κ3) is 1.94. The Morgan fingerprint density at radius 3 is 2.54 bits per heavy atom. The SMILES string of the molecule is NCC(O)(CN)C(=O)c1cccs1. The number of thiophene rings is 1. The quantitative estimate of drug-likeness (QED) is 0.576. The third-order valence-corrected chi connectivity index (χ3v) is 2.71. The minimum absolute atomic E-state index is 0.153. The van der Waals surface area contributed by atoms with Crippen molar-refractivity contribution < 1.29 is 9.90 Å². The molecule has 1 aromatic heterocycles. The van der Waals surface area contributed by atoms with Gasteiger partial charge >= 0.3 is 0 Å². The maximum atomic E-state index is 11.6. The van der Waals surface area contributed by atoms with Crippen molar-refractivity contribution in [3.63, 3.8) is 0 Å². The Bertz CT molecular complexity index is 280. The zero-order valence-corrected chi connectivity index (χ0v) is 7.88. The number of carbonyl (C=O) groups excluding carboxylic acids is 1. The third-order valence-electron chi connectivity index (χ3n) is 1.84. The van der Waals surface area contributed by atoms with Gasteiger partial charge in [0, 0.05) is 13.1 Å². The first-order chi connectivity index (χ1) is 6.14. The first-order valence-electron chi connectivity index (χ1n) is 3.85. The van der Waals surface area contributed by atoms with Gasteiger partial charge in [0.1, 0.15) is 0 Å². The maximum Gasteiger partial charge on any atom is 0.206 e. The van der Waals surface area contributed by atoms with Crippen LogP contribution in [-0.2, 0) is 0 Å². The van der Waals surface area contributed by atoms with Crippen LogP contribution in [0.3, 0.4) is 0 Å². The van der Waals surface area contributed by atoms with Crippen LogP contribution < -0.4 is 11.5 Å². The molecule has 0 aliphatic heterocycles. The van der Waals surface area contributed by atoms with E-state index in [2.05, 4.69) is 0 Å². The molecule has 4 nitrogen and oxygen atoms in total. The number of carbonyl (C=O) groups is 1. The van der Waals surface area contributed by atoms with Crippen molar-refractivity contribution in [3.8, 4) is 0 Å². The fourth-order valence-corrected chi connectivity index (χ4v) is 1.66. The van der Waals surface area contributed by atoms with E-state index >= 15 is 0 Å². The van der Waals surface area contributed by atoms with Gasteiger partial charge in [-0.3, -0.25) is 4.79 Å².